The Morgan fingerprint density at radius 3 is 2.40 bits per heavy atom. The monoisotopic (exact) mass is 740 g/mol. The second-order valence-corrected chi connectivity index (χ2v) is 16.9. The first-order chi connectivity index (χ1) is 18.9. The van der Waals surface area contributed by atoms with Crippen molar-refractivity contribution < 1.29 is 14.3 Å². The van der Waals surface area contributed by atoms with Gasteiger partial charge in [0.2, 0.25) is 0 Å². The molecule has 3 saturated carbocycles. The number of hydrogen-bond donors (Lipinski definition) is 0. The molecule has 0 amide bonds. The number of halogens is 3. The summed E-state index contributed by atoms with van der Waals surface area (Å²) in [5, 5.41) is 0. The average Bonchev–Trinajstić information content (AvgIpc) is 3.23. The quantitative estimate of drug-likeness (QED) is 0.158. The van der Waals surface area contributed by atoms with Crippen molar-refractivity contribution in [3.05, 3.63) is 37.2 Å². The minimum Gasteiger partial charge on any atom is -0.430 e. The van der Waals surface area contributed by atoms with E-state index in [-0.39, 0.29) is 11.5 Å². The Bertz CT molecular complexity index is 1110. The topological polar surface area (TPSA) is 35.5 Å². The van der Waals surface area contributed by atoms with Gasteiger partial charge in [0, 0.05) is 10.9 Å². The molecule has 0 N–H and O–H groups in total. The fourth-order valence-corrected chi connectivity index (χ4v) is 12.0. The second kappa shape index (κ2) is 12.3. The highest BCUT2D eigenvalue weighted by molar-refractivity contribution is 9.11. The van der Waals surface area contributed by atoms with E-state index in [4.69, 9.17) is 9.47 Å². The molecule has 0 aromatic heterocycles. The van der Waals surface area contributed by atoms with Gasteiger partial charge in [-0.15, -0.1) is 0 Å². The molecule has 4 aliphatic rings. The van der Waals surface area contributed by atoms with Gasteiger partial charge in [-0.3, -0.25) is 0 Å². The zero-order valence-electron chi connectivity index (χ0n) is 24.9. The zero-order chi connectivity index (χ0) is 28.8. The molecule has 4 aliphatic carbocycles. The van der Waals surface area contributed by atoms with Crippen molar-refractivity contribution in [3.8, 4) is 5.75 Å². The lowest BCUT2D eigenvalue weighted by Gasteiger charge is -2.58. The van der Waals surface area contributed by atoms with Crippen LogP contribution in [-0.2, 0) is 4.74 Å². The van der Waals surface area contributed by atoms with Crippen LogP contribution in [0.25, 0.3) is 0 Å². The van der Waals surface area contributed by atoms with Gasteiger partial charge < -0.3 is 9.47 Å². The van der Waals surface area contributed by atoms with Crippen LogP contribution in [0.4, 0.5) is 4.79 Å². The Balaban J connectivity index is 1.23. The van der Waals surface area contributed by atoms with Crippen molar-refractivity contribution in [2.45, 2.75) is 111 Å². The fraction of sp³-hybridized carbons (Fsp3) is 0.735. The molecular weight excluding hydrogens is 696 g/mol. The largest absolute Gasteiger partial charge is 0.514 e. The van der Waals surface area contributed by atoms with Crippen molar-refractivity contribution in [1.29, 1.82) is 0 Å². The number of benzene rings is 1. The molecule has 0 spiro atoms. The van der Waals surface area contributed by atoms with Crippen molar-refractivity contribution in [1.82, 2.24) is 0 Å². The molecule has 222 valence electrons. The van der Waals surface area contributed by atoms with Crippen LogP contribution in [0.1, 0.15) is 105 Å². The van der Waals surface area contributed by atoms with E-state index in [9.17, 15) is 4.79 Å². The van der Waals surface area contributed by atoms with Crippen LogP contribution < -0.4 is 4.74 Å². The molecular formula is C34H47Br3O3. The number of rotatable bonds is 7. The summed E-state index contributed by atoms with van der Waals surface area (Å²) >= 11 is 10.4. The van der Waals surface area contributed by atoms with Crippen molar-refractivity contribution in [3.63, 3.8) is 0 Å². The number of hydrogen-bond acceptors (Lipinski definition) is 3. The van der Waals surface area contributed by atoms with Gasteiger partial charge >= 0.3 is 6.16 Å². The smallest absolute Gasteiger partial charge is 0.430 e. The first kappa shape index (κ1) is 31.1. The Hall–Kier alpha value is -0.330. The molecule has 0 heterocycles. The fourth-order valence-electron chi connectivity index (χ4n) is 9.62. The molecule has 1 aromatic carbocycles. The molecule has 0 unspecified atom stereocenters. The number of carbonyl (C=O) groups is 1. The summed E-state index contributed by atoms with van der Waals surface area (Å²) in [7, 11) is 0. The van der Waals surface area contributed by atoms with Crippen molar-refractivity contribution >= 4 is 53.9 Å². The normalized spacial score (nSPS) is 35.8. The highest BCUT2D eigenvalue weighted by Crippen LogP contribution is 2.67. The summed E-state index contributed by atoms with van der Waals surface area (Å²) in [6.07, 6.45) is 15.7. The second-order valence-electron chi connectivity index (χ2n) is 14.3. The van der Waals surface area contributed by atoms with Crippen LogP contribution in [0.2, 0.25) is 0 Å². The maximum absolute atomic E-state index is 12.8. The van der Waals surface area contributed by atoms with Crippen LogP contribution in [0.15, 0.2) is 37.2 Å². The summed E-state index contributed by atoms with van der Waals surface area (Å²) in [6.45, 7) is 12.5. The maximum atomic E-state index is 12.8. The van der Waals surface area contributed by atoms with Crippen LogP contribution >= 0.6 is 47.8 Å². The SMILES string of the molecule is CC(C)CCC[C@@H](C)[C@H]1CC[C@@H]2[C@@H]3CC=C4C[C@@H](OC(=O)Oc5c(Br)cc(Br)cc5Br)CC[C@]4(C)[C@@H]3CC[C@@]21C. The first-order valence-corrected chi connectivity index (χ1v) is 18.0. The molecule has 40 heavy (non-hydrogen) atoms. The minimum atomic E-state index is -0.625. The van der Waals surface area contributed by atoms with Gasteiger partial charge in [0.05, 0.1) is 8.95 Å². The minimum absolute atomic E-state index is 0.118. The number of carbonyl (C=O) groups excluding carboxylic acids is 1. The summed E-state index contributed by atoms with van der Waals surface area (Å²) in [5.74, 6) is 5.46. The third kappa shape index (κ3) is 6.03. The molecule has 8 atom stereocenters. The van der Waals surface area contributed by atoms with E-state index in [1.807, 2.05) is 12.1 Å². The van der Waals surface area contributed by atoms with E-state index in [1.54, 1.807) is 0 Å². The van der Waals surface area contributed by atoms with Crippen LogP contribution in [0.3, 0.4) is 0 Å². The molecule has 0 radical (unpaired) electrons. The molecule has 3 nitrogen and oxygen atoms in total. The van der Waals surface area contributed by atoms with Crippen LogP contribution in [0.5, 0.6) is 5.75 Å². The molecule has 1 aromatic rings. The summed E-state index contributed by atoms with van der Waals surface area (Å²) in [4.78, 5) is 12.8. The summed E-state index contributed by atoms with van der Waals surface area (Å²) in [6, 6.07) is 3.72. The molecule has 0 aliphatic heterocycles. The Morgan fingerprint density at radius 2 is 1.70 bits per heavy atom. The maximum Gasteiger partial charge on any atom is 0.514 e. The third-order valence-electron chi connectivity index (χ3n) is 11.7. The van der Waals surface area contributed by atoms with E-state index in [1.165, 1.54) is 56.9 Å². The number of ether oxygens (including phenoxy) is 2. The first-order valence-electron chi connectivity index (χ1n) is 15.6. The van der Waals surface area contributed by atoms with E-state index in [0.717, 1.165) is 59.2 Å². The van der Waals surface area contributed by atoms with Crippen LogP contribution in [-0.4, -0.2) is 12.3 Å². The molecule has 3 fully saturated rings. The third-order valence-corrected chi connectivity index (χ3v) is 13.3. The lowest BCUT2D eigenvalue weighted by Crippen LogP contribution is -2.51. The lowest BCUT2D eigenvalue weighted by atomic mass is 9.47. The van der Waals surface area contributed by atoms with Gasteiger partial charge in [-0.25, -0.2) is 4.79 Å². The van der Waals surface area contributed by atoms with Crippen molar-refractivity contribution in [2.75, 3.05) is 0 Å². The van der Waals surface area contributed by atoms with E-state index >= 15 is 0 Å². The van der Waals surface area contributed by atoms with Gasteiger partial charge in [-0.2, -0.15) is 0 Å². The van der Waals surface area contributed by atoms with Gasteiger partial charge in [0.15, 0.2) is 5.75 Å². The molecule has 0 bridgehead atoms. The number of allylic oxidation sites excluding steroid dienone is 1. The summed E-state index contributed by atoms with van der Waals surface area (Å²) < 4.78 is 13.8. The van der Waals surface area contributed by atoms with Gasteiger partial charge in [0.1, 0.15) is 6.10 Å². The number of fused-ring (bicyclic) bond motifs is 5. The van der Waals surface area contributed by atoms with Gasteiger partial charge in [-0.1, -0.05) is 81.5 Å². The Labute approximate surface area is 267 Å². The summed E-state index contributed by atoms with van der Waals surface area (Å²) in [5.41, 5.74) is 2.29. The Kier molecular flexibility index (Phi) is 9.60. The highest BCUT2D eigenvalue weighted by Gasteiger charge is 2.59. The predicted octanol–water partition coefficient (Wildman–Crippen LogP) is 11.9. The van der Waals surface area contributed by atoms with E-state index in [2.05, 4.69) is 88.5 Å². The zero-order valence-corrected chi connectivity index (χ0v) is 29.7. The van der Waals surface area contributed by atoms with Crippen molar-refractivity contribution in [2.24, 2.45) is 46.3 Å². The lowest BCUT2D eigenvalue weighted by molar-refractivity contribution is -0.0597. The average molecular weight is 743 g/mol. The van der Waals surface area contributed by atoms with Crippen LogP contribution in [0, 0.1) is 46.3 Å². The van der Waals surface area contributed by atoms with E-state index < -0.39 is 6.16 Å². The Morgan fingerprint density at radius 1 is 0.975 bits per heavy atom. The van der Waals surface area contributed by atoms with Gasteiger partial charge in [-0.05, 0) is 135 Å². The standard InChI is InChI=1S/C34H47Br3O3/c1-20(2)7-6-8-21(3)26-11-12-27-25-10-9-22-17-24(13-15-33(22,4)28(25)14-16-34(26,27)5)39-32(38)40-31-29(36)18-23(35)19-30(31)37/h9,18-21,24-28H,6-8,10-17H2,1-5H3/t21-,24+,25+,26-,27-,28-,33+,34-/m1/s1. The predicted molar refractivity (Wildman–Crippen MR) is 173 cm³/mol. The van der Waals surface area contributed by atoms with E-state index in [0.29, 0.717) is 20.1 Å². The highest BCUT2D eigenvalue weighted by atomic mass is 79.9. The molecule has 0 saturated heterocycles. The van der Waals surface area contributed by atoms with Gasteiger partial charge in [0.25, 0.3) is 0 Å². The molecule has 6 heteroatoms. The molecule has 5 rings (SSSR count).